The van der Waals surface area contributed by atoms with Crippen LogP contribution in [0.25, 0.3) is 10.9 Å². The highest BCUT2D eigenvalue weighted by Gasteiger charge is 2.12. The Kier molecular flexibility index (Phi) is 3.70. The van der Waals surface area contributed by atoms with Gasteiger partial charge in [-0.05, 0) is 18.2 Å². The van der Waals surface area contributed by atoms with E-state index < -0.39 is 4.92 Å². The maximum Gasteiger partial charge on any atom is 0.273 e. The zero-order valence-corrected chi connectivity index (χ0v) is 12.0. The van der Waals surface area contributed by atoms with Crippen LogP contribution < -0.4 is 4.74 Å². The van der Waals surface area contributed by atoms with E-state index in [0.717, 1.165) is 22.2 Å². The number of fused-ring (bicyclic) bond motifs is 1. The lowest BCUT2D eigenvalue weighted by Crippen LogP contribution is -1.98. The van der Waals surface area contributed by atoms with Gasteiger partial charge in [-0.2, -0.15) is 0 Å². The van der Waals surface area contributed by atoms with E-state index in [-0.39, 0.29) is 5.69 Å². The predicted octanol–water partition coefficient (Wildman–Crippen LogP) is 3.74. The molecule has 0 aliphatic carbocycles. The fourth-order valence-electron chi connectivity index (χ4n) is 2.39. The van der Waals surface area contributed by atoms with Crippen LogP contribution in [0.3, 0.4) is 0 Å². The van der Waals surface area contributed by atoms with Gasteiger partial charge in [-0.3, -0.25) is 15.1 Å². The first kappa shape index (κ1) is 14.0. The standard InChI is InChI=1S/C17H14N2O3/c1-22-17-11-15(19(20)21)9-7-13(17)10-14-8-6-12-4-2-3-5-16(12)18-14/h2-9,11H,10H2,1H3. The number of benzene rings is 2. The molecule has 0 radical (unpaired) electrons. The summed E-state index contributed by atoms with van der Waals surface area (Å²) in [5, 5.41) is 11.9. The second-order valence-electron chi connectivity index (χ2n) is 4.93. The minimum absolute atomic E-state index is 0.0204. The molecule has 0 N–H and O–H groups in total. The zero-order valence-electron chi connectivity index (χ0n) is 12.0. The highest BCUT2D eigenvalue weighted by molar-refractivity contribution is 5.78. The Morgan fingerprint density at radius 3 is 2.73 bits per heavy atom. The first-order valence-electron chi connectivity index (χ1n) is 6.83. The Bertz CT molecular complexity index is 846. The number of nitro groups is 1. The molecule has 0 unspecified atom stereocenters. The number of hydrogen-bond acceptors (Lipinski definition) is 4. The monoisotopic (exact) mass is 294 g/mol. The summed E-state index contributed by atoms with van der Waals surface area (Å²) in [7, 11) is 1.51. The number of nitro benzene ring substituents is 1. The number of aromatic nitrogens is 1. The van der Waals surface area contributed by atoms with Gasteiger partial charge >= 0.3 is 0 Å². The molecule has 0 saturated heterocycles. The van der Waals surface area contributed by atoms with E-state index in [1.807, 2.05) is 36.4 Å². The van der Waals surface area contributed by atoms with E-state index in [1.165, 1.54) is 19.2 Å². The molecule has 0 bridgehead atoms. The largest absolute Gasteiger partial charge is 0.496 e. The summed E-state index contributed by atoms with van der Waals surface area (Å²) in [6.45, 7) is 0. The van der Waals surface area contributed by atoms with Gasteiger partial charge < -0.3 is 4.74 Å². The predicted molar refractivity (Wildman–Crippen MR) is 84.2 cm³/mol. The molecule has 1 aromatic heterocycles. The minimum atomic E-state index is -0.430. The van der Waals surface area contributed by atoms with E-state index in [2.05, 4.69) is 4.98 Å². The molecule has 22 heavy (non-hydrogen) atoms. The molecule has 0 saturated carbocycles. The first-order chi connectivity index (χ1) is 10.7. The highest BCUT2D eigenvalue weighted by Crippen LogP contribution is 2.26. The van der Waals surface area contributed by atoms with Crippen LogP contribution in [0.15, 0.2) is 54.6 Å². The van der Waals surface area contributed by atoms with Crippen LogP contribution in [0.1, 0.15) is 11.3 Å². The van der Waals surface area contributed by atoms with Crippen molar-refractivity contribution in [2.45, 2.75) is 6.42 Å². The second kappa shape index (κ2) is 5.81. The topological polar surface area (TPSA) is 65.3 Å². The average molecular weight is 294 g/mol. The molecule has 3 aromatic rings. The van der Waals surface area contributed by atoms with Crippen molar-refractivity contribution in [3.8, 4) is 5.75 Å². The van der Waals surface area contributed by atoms with Gasteiger partial charge in [0.2, 0.25) is 0 Å². The van der Waals surface area contributed by atoms with E-state index in [0.29, 0.717) is 12.2 Å². The van der Waals surface area contributed by atoms with Gasteiger partial charge in [0, 0.05) is 29.1 Å². The summed E-state index contributed by atoms with van der Waals surface area (Å²) in [6, 6.07) is 16.5. The van der Waals surface area contributed by atoms with E-state index in [1.54, 1.807) is 6.07 Å². The number of ether oxygens (including phenoxy) is 1. The maximum atomic E-state index is 10.8. The zero-order chi connectivity index (χ0) is 15.5. The third-order valence-corrected chi connectivity index (χ3v) is 3.51. The van der Waals surface area contributed by atoms with Crippen molar-refractivity contribution in [3.63, 3.8) is 0 Å². The lowest BCUT2D eigenvalue weighted by molar-refractivity contribution is -0.384. The van der Waals surface area contributed by atoms with Crippen molar-refractivity contribution >= 4 is 16.6 Å². The quantitative estimate of drug-likeness (QED) is 0.543. The van der Waals surface area contributed by atoms with Crippen molar-refractivity contribution in [1.82, 2.24) is 4.98 Å². The number of nitrogens with zero attached hydrogens (tertiary/aromatic N) is 2. The van der Waals surface area contributed by atoms with Gasteiger partial charge in [0.1, 0.15) is 5.75 Å². The Labute approximate surface area is 127 Å². The lowest BCUT2D eigenvalue weighted by atomic mass is 10.1. The number of methoxy groups -OCH3 is 1. The summed E-state index contributed by atoms with van der Waals surface area (Å²) in [5.74, 6) is 0.504. The van der Waals surface area contributed by atoms with Crippen molar-refractivity contribution < 1.29 is 9.66 Å². The third-order valence-electron chi connectivity index (χ3n) is 3.51. The molecular weight excluding hydrogens is 280 g/mol. The molecule has 3 rings (SSSR count). The van der Waals surface area contributed by atoms with Gasteiger partial charge in [-0.15, -0.1) is 0 Å². The van der Waals surface area contributed by atoms with Crippen LogP contribution in [0, 0.1) is 10.1 Å². The van der Waals surface area contributed by atoms with Gasteiger partial charge in [0.05, 0.1) is 23.6 Å². The molecule has 110 valence electrons. The fourth-order valence-corrected chi connectivity index (χ4v) is 2.39. The lowest BCUT2D eigenvalue weighted by Gasteiger charge is -2.08. The first-order valence-corrected chi connectivity index (χ1v) is 6.83. The van der Waals surface area contributed by atoms with Crippen LogP contribution in [0.4, 0.5) is 5.69 Å². The Balaban J connectivity index is 1.95. The van der Waals surface area contributed by atoms with Crippen molar-refractivity contribution in [1.29, 1.82) is 0 Å². The third kappa shape index (κ3) is 2.74. The number of hydrogen-bond donors (Lipinski definition) is 0. The normalized spacial score (nSPS) is 10.6. The summed E-state index contributed by atoms with van der Waals surface area (Å²) in [4.78, 5) is 15.0. The van der Waals surface area contributed by atoms with E-state index in [4.69, 9.17) is 4.74 Å². The Morgan fingerprint density at radius 1 is 1.14 bits per heavy atom. The van der Waals surface area contributed by atoms with Crippen molar-refractivity contribution in [2.75, 3.05) is 7.11 Å². The summed E-state index contributed by atoms with van der Waals surface area (Å²) in [5.41, 5.74) is 2.72. The molecule has 0 aliphatic rings. The fraction of sp³-hybridized carbons (Fsp3) is 0.118. The average Bonchev–Trinajstić information content (AvgIpc) is 2.55. The van der Waals surface area contributed by atoms with Gasteiger partial charge in [0.25, 0.3) is 5.69 Å². The maximum absolute atomic E-state index is 10.8. The molecule has 1 heterocycles. The van der Waals surface area contributed by atoms with Crippen LogP contribution in [-0.2, 0) is 6.42 Å². The molecule has 0 spiro atoms. The molecule has 2 aromatic carbocycles. The molecule has 0 fully saturated rings. The summed E-state index contributed by atoms with van der Waals surface area (Å²) in [6.07, 6.45) is 0.562. The van der Waals surface area contributed by atoms with Gasteiger partial charge in [0.15, 0.2) is 0 Å². The molecule has 0 aliphatic heterocycles. The van der Waals surface area contributed by atoms with E-state index in [9.17, 15) is 10.1 Å². The van der Waals surface area contributed by atoms with Crippen molar-refractivity contribution in [3.05, 3.63) is 76.0 Å². The van der Waals surface area contributed by atoms with Gasteiger partial charge in [-0.1, -0.05) is 24.3 Å². The van der Waals surface area contributed by atoms with Crippen LogP contribution in [0.5, 0.6) is 5.75 Å². The molecular formula is C17H14N2O3. The Hall–Kier alpha value is -2.95. The molecule has 5 nitrogen and oxygen atoms in total. The molecule has 0 atom stereocenters. The van der Waals surface area contributed by atoms with Crippen LogP contribution in [-0.4, -0.2) is 17.0 Å². The molecule has 0 amide bonds. The number of non-ortho nitro benzene ring substituents is 1. The van der Waals surface area contributed by atoms with E-state index >= 15 is 0 Å². The minimum Gasteiger partial charge on any atom is -0.496 e. The van der Waals surface area contributed by atoms with Crippen molar-refractivity contribution in [2.24, 2.45) is 0 Å². The number of pyridine rings is 1. The summed E-state index contributed by atoms with van der Waals surface area (Å²) >= 11 is 0. The number of rotatable bonds is 4. The van der Waals surface area contributed by atoms with Crippen LogP contribution >= 0.6 is 0 Å². The Morgan fingerprint density at radius 2 is 1.95 bits per heavy atom. The van der Waals surface area contributed by atoms with Crippen LogP contribution in [0.2, 0.25) is 0 Å². The number of para-hydroxylation sites is 1. The molecule has 5 heteroatoms. The SMILES string of the molecule is COc1cc([N+](=O)[O-])ccc1Cc1ccc2ccccc2n1. The van der Waals surface area contributed by atoms with Gasteiger partial charge in [-0.25, -0.2) is 0 Å². The second-order valence-corrected chi connectivity index (χ2v) is 4.93. The highest BCUT2D eigenvalue weighted by atomic mass is 16.6. The smallest absolute Gasteiger partial charge is 0.273 e. The summed E-state index contributed by atoms with van der Waals surface area (Å²) < 4.78 is 5.26.